The minimum atomic E-state index is -0.319. The average molecular weight is 101 g/mol. The molecule has 0 unspecified atom stereocenters. The van der Waals surface area contributed by atoms with Crippen molar-refractivity contribution in [2.75, 3.05) is 0 Å². The monoisotopic (exact) mass is 101 g/mol. The summed E-state index contributed by atoms with van der Waals surface area (Å²) in [5.41, 5.74) is 2.03. The van der Waals surface area contributed by atoms with E-state index in [1.807, 2.05) is 0 Å². The Kier molecular flexibility index (Phi) is 0.719. The van der Waals surface area contributed by atoms with Gasteiger partial charge in [0.15, 0.2) is 5.51 Å². The van der Waals surface area contributed by atoms with Crippen molar-refractivity contribution in [2.24, 2.45) is 0 Å². The Balaban J connectivity index is 3.41. The van der Waals surface area contributed by atoms with Crippen LogP contribution < -0.4 is 5.69 Å². The lowest BCUT2D eigenvalue weighted by Gasteiger charge is -1.47. The van der Waals surface area contributed by atoms with Crippen molar-refractivity contribution in [2.45, 2.75) is 0 Å². The molecule has 3 nitrogen and oxygen atoms in total. The van der Waals surface area contributed by atoms with Gasteiger partial charge in [-0.25, -0.2) is 4.79 Å². The molecule has 0 aliphatic rings. The number of hydrogen-bond acceptors (Lipinski definition) is 3. The van der Waals surface area contributed by atoms with Crippen LogP contribution in [0.2, 0.25) is 0 Å². The molecule has 0 amide bonds. The molecule has 0 aliphatic heterocycles. The number of aromatic amines is 1. The molecule has 4 heteroatoms. The average Bonchev–Trinajstić information content (AvgIpc) is 1.86. The van der Waals surface area contributed by atoms with Crippen molar-refractivity contribution in [3.63, 3.8) is 0 Å². The molecule has 1 rings (SSSR count). The molecule has 1 heterocycles. The second-order valence-corrected chi connectivity index (χ2v) is 1.30. The summed E-state index contributed by atoms with van der Waals surface area (Å²) in [4.78, 5) is 13.1. The number of rotatable bonds is 0. The van der Waals surface area contributed by atoms with E-state index in [0.29, 0.717) is 0 Å². The molecule has 0 saturated heterocycles. The predicted octanol–water partition coefficient (Wildman–Crippen LogP) is -0.368. The second-order valence-electron chi connectivity index (χ2n) is 0.712. The predicted molar refractivity (Wildman–Crippen MR) is 21.6 cm³/mol. The van der Waals surface area contributed by atoms with Crippen LogP contribution in [0, 0.1) is 5.51 Å². The van der Waals surface area contributed by atoms with Gasteiger partial charge < -0.3 is 0 Å². The van der Waals surface area contributed by atoms with E-state index < -0.39 is 0 Å². The smallest absolute Gasteiger partial charge is 0.259 e. The molecule has 0 atom stereocenters. The van der Waals surface area contributed by atoms with E-state index in [1.165, 1.54) is 0 Å². The van der Waals surface area contributed by atoms with Gasteiger partial charge in [-0.2, -0.15) is 4.98 Å². The zero-order valence-electron chi connectivity index (χ0n) is 2.76. The highest BCUT2D eigenvalue weighted by Crippen LogP contribution is 1.69. The summed E-state index contributed by atoms with van der Waals surface area (Å²) in [6.07, 6.45) is 0. The van der Waals surface area contributed by atoms with Gasteiger partial charge in [-0.3, -0.25) is 4.37 Å². The Bertz CT molecular complexity index is 149. The molecule has 1 N–H and O–H groups in total. The fraction of sp³-hybridized carbons (Fsp3) is 0. The molecule has 0 bridgehead atoms. The maximum absolute atomic E-state index is 9.88. The van der Waals surface area contributed by atoms with Crippen molar-refractivity contribution in [1.29, 1.82) is 0 Å². The van der Waals surface area contributed by atoms with Gasteiger partial charge in [0.1, 0.15) is 0 Å². The van der Waals surface area contributed by atoms with Crippen LogP contribution in [0.4, 0.5) is 0 Å². The van der Waals surface area contributed by atoms with Crippen LogP contribution in [0.3, 0.4) is 0 Å². The van der Waals surface area contributed by atoms with Crippen LogP contribution >= 0.6 is 11.5 Å². The van der Waals surface area contributed by atoms with Gasteiger partial charge in [-0.05, 0) is 11.5 Å². The molecule has 1 aromatic heterocycles. The summed E-state index contributed by atoms with van der Waals surface area (Å²) >= 11 is 1.07. The summed E-state index contributed by atoms with van der Waals surface area (Å²) in [6.45, 7) is 0. The largest absolute Gasteiger partial charge is 0.355 e. The Morgan fingerprint density at radius 1 is 2.00 bits per heavy atom. The van der Waals surface area contributed by atoms with Crippen molar-refractivity contribution in [1.82, 2.24) is 9.36 Å². The zero-order valence-corrected chi connectivity index (χ0v) is 3.58. The third kappa shape index (κ3) is 0.463. The highest BCUT2D eigenvalue weighted by Gasteiger charge is 1.75. The molecular weight excluding hydrogens is 100 g/mol. The molecule has 1 aromatic rings. The maximum Gasteiger partial charge on any atom is 0.355 e. The van der Waals surface area contributed by atoms with Gasteiger partial charge >= 0.3 is 5.69 Å². The Hall–Kier alpha value is -0.640. The fourth-order valence-electron chi connectivity index (χ4n) is 0.154. The minimum Gasteiger partial charge on any atom is -0.259 e. The Morgan fingerprint density at radius 3 is 3.00 bits per heavy atom. The van der Waals surface area contributed by atoms with Gasteiger partial charge in [0.2, 0.25) is 0 Å². The van der Waals surface area contributed by atoms with Gasteiger partial charge in [-0.15, -0.1) is 0 Å². The summed E-state index contributed by atoms with van der Waals surface area (Å²) in [7, 11) is 0. The number of aromatic nitrogens is 2. The lowest BCUT2D eigenvalue weighted by atomic mass is 11.3. The third-order valence-corrected chi connectivity index (χ3v) is 0.790. The first kappa shape index (κ1) is 3.55. The SMILES string of the molecule is O=c1n[c]s[nH]1. The van der Waals surface area contributed by atoms with E-state index in [0.717, 1.165) is 11.5 Å². The van der Waals surface area contributed by atoms with E-state index in [9.17, 15) is 4.79 Å². The van der Waals surface area contributed by atoms with Crippen molar-refractivity contribution >= 4 is 11.5 Å². The summed E-state index contributed by atoms with van der Waals surface area (Å²) in [5.74, 6) is 0. The molecule has 0 spiro atoms. The van der Waals surface area contributed by atoms with E-state index in [1.54, 1.807) is 0 Å². The van der Waals surface area contributed by atoms with Crippen LogP contribution in [-0.4, -0.2) is 9.36 Å². The van der Waals surface area contributed by atoms with E-state index in [2.05, 4.69) is 14.9 Å². The van der Waals surface area contributed by atoms with Crippen LogP contribution in [0.25, 0.3) is 0 Å². The Morgan fingerprint density at radius 2 is 2.83 bits per heavy atom. The highest BCUT2D eigenvalue weighted by molar-refractivity contribution is 7.02. The number of nitrogens with zero attached hydrogens (tertiary/aromatic N) is 1. The van der Waals surface area contributed by atoms with Crippen LogP contribution in [0.15, 0.2) is 4.79 Å². The van der Waals surface area contributed by atoms with Crippen LogP contribution in [0.1, 0.15) is 0 Å². The lowest BCUT2D eigenvalue weighted by molar-refractivity contribution is 1.20. The summed E-state index contributed by atoms with van der Waals surface area (Å²) in [6, 6.07) is 0. The zero-order chi connectivity index (χ0) is 4.41. The molecular formula is C2HN2OS. The van der Waals surface area contributed by atoms with Crippen molar-refractivity contribution < 1.29 is 0 Å². The Labute approximate surface area is 37.8 Å². The lowest BCUT2D eigenvalue weighted by Crippen LogP contribution is -1.98. The van der Waals surface area contributed by atoms with Crippen LogP contribution in [0.5, 0.6) is 0 Å². The molecule has 0 fully saturated rings. The maximum atomic E-state index is 9.88. The third-order valence-electron chi connectivity index (χ3n) is 0.331. The van der Waals surface area contributed by atoms with Gasteiger partial charge in [0.25, 0.3) is 0 Å². The standard InChI is InChI=1S/C2HN2OS/c5-2-3-1-6-4-2/h(H,4,5). The van der Waals surface area contributed by atoms with Gasteiger partial charge in [0, 0.05) is 0 Å². The van der Waals surface area contributed by atoms with E-state index >= 15 is 0 Å². The molecule has 31 valence electrons. The van der Waals surface area contributed by atoms with Crippen LogP contribution in [-0.2, 0) is 0 Å². The first-order valence-corrected chi connectivity index (χ1v) is 2.13. The molecule has 0 aromatic carbocycles. The molecule has 0 saturated carbocycles. The number of H-pyrrole nitrogens is 1. The molecule has 1 radical (unpaired) electrons. The first-order valence-electron chi connectivity index (χ1n) is 1.31. The van der Waals surface area contributed by atoms with Crippen molar-refractivity contribution in [3.8, 4) is 0 Å². The van der Waals surface area contributed by atoms with Gasteiger partial charge in [-0.1, -0.05) is 0 Å². The van der Waals surface area contributed by atoms with Crippen molar-refractivity contribution in [3.05, 3.63) is 16.0 Å². The fourth-order valence-corrected chi connectivity index (χ4v) is 0.461. The van der Waals surface area contributed by atoms with E-state index in [4.69, 9.17) is 0 Å². The van der Waals surface area contributed by atoms with E-state index in [-0.39, 0.29) is 5.69 Å². The number of hydrogen-bond donors (Lipinski definition) is 1. The minimum absolute atomic E-state index is 0.319. The first-order chi connectivity index (χ1) is 2.89. The molecule has 0 aliphatic carbocycles. The summed E-state index contributed by atoms with van der Waals surface area (Å²) < 4.78 is 2.32. The van der Waals surface area contributed by atoms with Gasteiger partial charge in [0.05, 0.1) is 0 Å². The normalized spacial score (nSPS) is 8.67. The second kappa shape index (κ2) is 1.22. The number of nitrogens with one attached hydrogen (secondary N) is 1. The molecule has 6 heavy (non-hydrogen) atoms. The summed E-state index contributed by atoms with van der Waals surface area (Å²) in [5, 5.41) is 0. The highest BCUT2D eigenvalue weighted by atomic mass is 32.1. The topological polar surface area (TPSA) is 45.8 Å². The quantitative estimate of drug-likeness (QED) is 0.484.